The van der Waals surface area contributed by atoms with Crippen molar-refractivity contribution >= 4 is 5.97 Å². The lowest BCUT2D eigenvalue weighted by Crippen LogP contribution is -2.23. The fourth-order valence-electron chi connectivity index (χ4n) is 1.54. The largest absolute Gasteiger partial charge is 0.619 e. The van der Waals surface area contributed by atoms with Gasteiger partial charge in [0.25, 0.3) is 0 Å². The van der Waals surface area contributed by atoms with Crippen molar-refractivity contribution in [2.45, 2.75) is 0 Å². The summed E-state index contributed by atoms with van der Waals surface area (Å²) < 4.78 is 5.35. The average Bonchev–Trinajstić information content (AvgIpc) is 2.38. The van der Waals surface area contributed by atoms with E-state index in [-0.39, 0.29) is 5.97 Å². The van der Waals surface area contributed by atoms with Gasteiger partial charge >= 0.3 is 5.97 Å². The van der Waals surface area contributed by atoms with Crippen molar-refractivity contribution in [1.82, 2.24) is 0 Å². The summed E-state index contributed by atoms with van der Waals surface area (Å²) in [4.78, 5) is 11.2. The Labute approximate surface area is 98.7 Å². The van der Waals surface area contributed by atoms with E-state index in [9.17, 15) is 10.0 Å². The van der Waals surface area contributed by atoms with E-state index in [0.29, 0.717) is 5.56 Å². The molecule has 0 fully saturated rings. The summed E-state index contributed by atoms with van der Waals surface area (Å²) in [6.07, 6.45) is 2.90. The van der Waals surface area contributed by atoms with Gasteiger partial charge in [0, 0.05) is 11.6 Å². The second kappa shape index (κ2) is 4.65. The fourth-order valence-corrected chi connectivity index (χ4v) is 1.54. The van der Waals surface area contributed by atoms with Crippen LogP contribution >= 0.6 is 0 Å². The minimum Gasteiger partial charge on any atom is -0.619 e. The van der Waals surface area contributed by atoms with Crippen molar-refractivity contribution in [3.05, 3.63) is 59.6 Å². The van der Waals surface area contributed by atoms with Crippen molar-refractivity contribution in [2.24, 2.45) is 0 Å². The number of esters is 1. The number of ether oxygens (including phenoxy) is 1. The third kappa shape index (κ3) is 2.42. The number of rotatable bonds is 2. The molecule has 0 atom stereocenters. The van der Waals surface area contributed by atoms with Crippen LogP contribution in [0.5, 0.6) is 0 Å². The lowest BCUT2D eigenvalue weighted by molar-refractivity contribution is -0.604. The summed E-state index contributed by atoms with van der Waals surface area (Å²) >= 11 is 0. The summed E-state index contributed by atoms with van der Waals surface area (Å²) in [6.45, 7) is 0. The number of hydrogen-bond acceptors (Lipinski definition) is 3. The zero-order valence-electron chi connectivity index (χ0n) is 9.29. The minimum atomic E-state index is -0.372. The van der Waals surface area contributed by atoms with Crippen molar-refractivity contribution in [2.75, 3.05) is 7.11 Å². The van der Waals surface area contributed by atoms with Crippen LogP contribution < -0.4 is 4.73 Å². The van der Waals surface area contributed by atoms with E-state index in [0.717, 1.165) is 15.9 Å². The summed E-state index contributed by atoms with van der Waals surface area (Å²) in [7, 11) is 1.34. The molecule has 17 heavy (non-hydrogen) atoms. The molecule has 2 rings (SSSR count). The molecule has 0 aliphatic rings. The third-order valence-electron chi connectivity index (χ3n) is 2.41. The Kier molecular flexibility index (Phi) is 3.05. The van der Waals surface area contributed by atoms with Gasteiger partial charge in [-0.2, -0.15) is 4.73 Å². The van der Waals surface area contributed by atoms with Gasteiger partial charge < -0.3 is 9.94 Å². The number of carbonyl (C=O) groups excluding carboxylic acids is 1. The Morgan fingerprint density at radius 2 is 1.88 bits per heavy atom. The third-order valence-corrected chi connectivity index (χ3v) is 2.41. The molecule has 2 aromatic rings. The predicted molar refractivity (Wildman–Crippen MR) is 62.2 cm³/mol. The van der Waals surface area contributed by atoms with Crippen LogP contribution in [0.3, 0.4) is 0 Å². The highest BCUT2D eigenvalue weighted by molar-refractivity contribution is 5.89. The number of aromatic nitrogens is 1. The Morgan fingerprint density at radius 3 is 2.47 bits per heavy atom. The van der Waals surface area contributed by atoms with Gasteiger partial charge in [0.15, 0.2) is 12.4 Å². The second-order valence-electron chi connectivity index (χ2n) is 3.52. The molecular formula is C13H11NO3. The number of hydrogen-bond donors (Lipinski definition) is 0. The van der Waals surface area contributed by atoms with Crippen LogP contribution in [0.25, 0.3) is 11.1 Å². The Balaban J connectivity index is 2.32. The summed E-state index contributed by atoms with van der Waals surface area (Å²) in [5.41, 5.74) is 2.17. The molecule has 4 nitrogen and oxygen atoms in total. The average molecular weight is 229 g/mol. The van der Waals surface area contributed by atoms with Gasteiger partial charge in [-0.3, -0.25) is 0 Å². The fraction of sp³-hybridized carbons (Fsp3) is 0.0769. The van der Waals surface area contributed by atoms with E-state index in [4.69, 9.17) is 0 Å². The molecule has 1 aromatic carbocycles. The molecule has 0 spiro atoms. The highest BCUT2D eigenvalue weighted by Gasteiger charge is 2.06. The van der Waals surface area contributed by atoms with E-state index in [1.54, 1.807) is 30.3 Å². The van der Waals surface area contributed by atoms with Gasteiger partial charge in [-0.05, 0) is 23.8 Å². The lowest BCUT2D eigenvalue weighted by Gasteiger charge is -2.03. The molecule has 0 radical (unpaired) electrons. The number of nitrogens with zero attached hydrogens (tertiary/aromatic N) is 1. The summed E-state index contributed by atoms with van der Waals surface area (Å²) in [6, 6.07) is 10.4. The highest BCUT2D eigenvalue weighted by atomic mass is 16.5. The first kappa shape index (κ1) is 11.1. The number of pyridine rings is 1. The Hall–Kier alpha value is -2.36. The number of benzene rings is 1. The van der Waals surface area contributed by atoms with Gasteiger partial charge in [0.05, 0.1) is 12.7 Å². The maximum Gasteiger partial charge on any atom is 0.337 e. The van der Waals surface area contributed by atoms with Crippen molar-refractivity contribution in [3.63, 3.8) is 0 Å². The highest BCUT2D eigenvalue weighted by Crippen LogP contribution is 2.18. The van der Waals surface area contributed by atoms with E-state index >= 15 is 0 Å². The summed E-state index contributed by atoms with van der Waals surface area (Å²) in [5.74, 6) is -0.372. The Bertz CT molecular complexity index is 535. The minimum absolute atomic E-state index is 0.372. The molecule has 0 aliphatic carbocycles. The van der Waals surface area contributed by atoms with Crippen LogP contribution in [-0.4, -0.2) is 13.1 Å². The van der Waals surface area contributed by atoms with Crippen molar-refractivity contribution in [1.29, 1.82) is 0 Å². The number of carbonyl (C=O) groups is 1. The second-order valence-corrected chi connectivity index (χ2v) is 3.52. The molecule has 0 aliphatic heterocycles. The zero-order valence-corrected chi connectivity index (χ0v) is 9.29. The first-order chi connectivity index (χ1) is 8.20. The van der Waals surface area contributed by atoms with Crippen molar-refractivity contribution < 1.29 is 14.3 Å². The standard InChI is InChI=1S/C13H11NO3/c1-17-13(15)11-6-4-10(5-7-11)12-3-2-8-14(16)9-12/h2-9H,1H3. The molecule has 0 saturated carbocycles. The normalized spacial score (nSPS) is 9.94. The first-order valence-electron chi connectivity index (χ1n) is 5.08. The molecule has 1 heterocycles. The Morgan fingerprint density at radius 1 is 1.18 bits per heavy atom. The van der Waals surface area contributed by atoms with E-state index in [1.165, 1.54) is 19.5 Å². The van der Waals surface area contributed by atoms with Gasteiger partial charge in [0.1, 0.15) is 0 Å². The SMILES string of the molecule is COC(=O)c1ccc(-c2ccc[n+]([O-])c2)cc1. The predicted octanol–water partition coefficient (Wildman–Crippen LogP) is 1.77. The molecule has 0 bridgehead atoms. The van der Waals surface area contributed by atoms with Gasteiger partial charge in [-0.1, -0.05) is 12.1 Å². The van der Waals surface area contributed by atoms with Crippen LogP contribution in [0, 0.1) is 5.21 Å². The van der Waals surface area contributed by atoms with E-state index < -0.39 is 0 Å². The van der Waals surface area contributed by atoms with Crippen LogP contribution in [0.4, 0.5) is 0 Å². The molecule has 0 N–H and O–H groups in total. The molecule has 4 heteroatoms. The molecular weight excluding hydrogens is 218 g/mol. The molecule has 1 aromatic heterocycles. The molecule has 0 saturated heterocycles. The van der Waals surface area contributed by atoms with Gasteiger partial charge in [-0.15, -0.1) is 0 Å². The van der Waals surface area contributed by atoms with Crippen molar-refractivity contribution in [3.8, 4) is 11.1 Å². The van der Waals surface area contributed by atoms with E-state index in [1.807, 2.05) is 6.07 Å². The van der Waals surface area contributed by atoms with Gasteiger partial charge in [0.2, 0.25) is 0 Å². The maximum atomic E-state index is 11.2. The first-order valence-corrected chi connectivity index (χ1v) is 5.08. The van der Waals surface area contributed by atoms with E-state index in [2.05, 4.69) is 4.74 Å². The molecule has 0 unspecified atom stereocenters. The van der Waals surface area contributed by atoms with Gasteiger partial charge in [-0.25, -0.2) is 4.79 Å². The van der Waals surface area contributed by atoms with Crippen LogP contribution in [0.15, 0.2) is 48.8 Å². The summed E-state index contributed by atoms with van der Waals surface area (Å²) in [5, 5.41) is 11.1. The zero-order chi connectivity index (χ0) is 12.3. The quantitative estimate of drug-likeness (QED) is 0.448. The van der Waals surface area contributed by atoms with Crippen LogP contribution in [-0.2, 0) is 4.74 Å². The monoisotopic (exact) mass is 229 g/mol. The maximum absolute atomic E-state index is 11.2. The smallest absolute Gasteiger partial charge is 0.337 e. The molecule has 0 amide bonds. The number of methoxy groups -OCH3 is 1. The van der Waals surface area contributed by atoms with Crippen LogP contribution in [0.2, 0.25) is 0 Å². The van der Waals surface area contributed by atoms with Crippen LogP contribution in [0.1, 0.15) is 10.4 Å². The molecule has 86 valence electrons. The lowest BCUT2D eigenvalue weighted by atomic mass is 10.1. The topological polar surface area (TPSA) is 53.2 Å².